The summed E-state index contributed by atoms with van der Waals surface area (Å²) in [6.07, 6.45) is 3.92. The molecule has 0 radical (unpaired) electrons. The van der Waals surface area contributed by atoms with E-state index in [1.165, 1.54) is 19.3 Å². The van der Waals surface area contributed by atoms with E-state index in [9.17, 15) is 0 Å². The number of aryl methyl sites for hydroxylation is 1. The van der Waals surface area contributed by atoms with Gasteiger partial charge < -0.3 is 9.88 Å². The van der Waals surface area contributed by atoms with Gasteiger partial charge in [0.1, 0.15) is 5.82 Å². The van der Waals surface area contributed by atoms with Crippen molar-refractivity contribution in [2.45, 2.75) is 32.2 Å². The first kappa shape index (κ1) is 13.8. The lowest BCUT2D eigenvalue weighted by atomic mass is 10.1. The normalized spacial score (nSPS) is 19.1. The van der Waals surface area contributed by atoms with Crippen LogP contribution in [0.15, 0.2) is 0 Å². The van der Waals surface area contributed by atoms with E-state index in [2.05, 4.69) is 26.8 Å². The highest BCUT2D eigenvalue weighted by atomic mass is 35.5. The van der Waals surface area contributed by atoms with Crippen molar-refractivity contribution >= 4 is 11.6 Å². The highest BCUT2D eigenvalue weighted by Gasteiger charge is 2.27. The molecule has 2 heterocycles. The number of nitrogens with one attached hydrogen (secondary N) is 1. The van der Waals surface area contributed by atoms with Crippen LogP contribution >= 0.6 is 11.6 Å². The standard InChI is InChI=1S/C13H23ClN4/c1-10-16-13(14)12(17(10)3)11(9-15-2)18-7-5-4-6-8-18/h11,15H,4-9H2,1-3H3. The maximum atomic E-state index is 6.31. The van der Waals surface area contributed by atoms with E-state index in [0.29, 0.717) is 11.2 Å². The Kier molecular flexibility index (Phi) is 4.65. The van der Waals surface area contributed by atoms with Gasteiger partial charge in [-0.05, 0) is 39.9 Å². The van der Waals surface area contributed by atoms with Crippen LogP contribution in [0.1, 0.15) is 36.8 Å². The van der Waals surface area contributed by atoms with Crippen LogP contribution in [0.25, 0.3) is 0 Å². The van der Waals surface area contributed by atoms with Crippen molar-refractivity contribution in [2.24, 2.45) is 7.05 Å². The molecule has 0 saturated carbocycles. The molecule has 1 unspecified atom stereocenters. The summed E-state index contributed by atoms with van der Waals surface area (Å²) in [4.78, 5) is 6.91. The Morgan fingerprint density at radius 3 is 2.50 bits per heavy atom. The van der Waals surface area contributed by atoms with Crippen LogP contribution in [0, 0.1) is 6.92 Å². The first-order valence-electron chi connectivity index (χ1n) is 6.72. The van der Waals surface area contributed by atoms with Gasteiger partial charge in [-0.1, -0.05) is 18.0 Å². The molecule has 18 heavy (non-hydrogen) atoms. The number of likely N-dealkylation sites (tertiary alicyclic amines) is 1. The Labute approximate surface area is 114 Å². The third-order valence-electron chi connectivity index (χ3n) is 3.86. The van der Waals surface area contributed by atoms with Crippen LogP contribution in [0.5, 0.6) is 0 Å². The quantitative estimate of drug-likeness (QED) is 0.910. The average Bonchev–Trinajstić information content (AvgIpc) is 2.62. The van der Waals surface area contributed by atoms with E-state index >= 15 is 0 Å². The lowest BCUT2D eigenvalue weighted by molar-refractivity contribution is 0.157. The summed E-state index contributed by atoms with van der Waals surface area (Å²) < 4.78 is 2.12. The fourth-order valence-electron chi connectivity index (χ4n) is 2.77. The van der Waals surface area contributed by atoms with Gasteiger partial charge in [-0.25, -0.2) is 4.98 Å². The van der Waals surface area contributed by atoms with Crippen molar-refractivity contribution in [1.29, 1.82) is 0 Å². The predicted octanol–water partition coefficient (Wildman–Crippen LogP) is 2.13. The van der Waals surface area contributed by atoms with Gasteiger partial charge >= 0.3 is 0 Å². The molecule has 2 rings (SSSR count). The van der Waals surface area contributed by atoms with Crippen molar-refractivity contribution in [1.82, 2.24) is 19.8 Å². The van der Waals surface area contributed by atoms with E-state index < -0.39 is 0 Å². The van der Waals surface area contributed by atoms with Gasteiger partial charge in [-0.3, -0.25) is 4.90 Å². The average molecular weight is 271 g/mol. The van der Waals surface area contributed by atoms with Gasteiger partial charge in [0.25, 0.3) is 0 Å². The number of likely N-dealkylation sites (N-methyl/N-ethyl adjacent to an activating group) is 1. The molecule has 1 aliphatic rings. The molecule has 0 aliphatic carbocycles. The number of aromatic nitrogens is 2. The number of halogens is 1. The largest absolute Gasteiger partial charge is 0.333 e. The highest BCUT2D eigenvalue weighted by molar-refractivity contribution is 6.30. The molecule has 0 amide bonds. The molecular formula is C13H23ClN4. The third-order valence-corrected chi connectivity index (χ3v) is 4.14. The Morgan fingerprint density at radius 2 is 2.00 bits per heavy atom. The Hall–Kier alpha value is -0.580. The summed E-state index contributed by atoms with van der Waals surface area (Å²) in [6, 6.07) is 0.328. The molecule has 5 heteroatoms. The summed E-state index contributed by atoms with van der Waals surface area (Å²) in [5.41, 5.74) is 1.14. The predicted molar refractivity (Wildman–Crippen MR) is 75.0 cm³/mol. The second-order valence-corrected chi connectivity index (χ2v) is 5.42. The van der Waals surface area contributed by atoms with Crippen LogP contribution in [0.4, 0.5) is 0 Å². The van der Waals surface area contributed by atoms with Crippen molar-refractivity contribution in [3.8, 4) is 0 Å². The first-order valence-corrected chi connectivity index (χ1v) is 7.10. The van der Waals surface area contributed by atoms with Crippen molar-refractivity contribution in [2.75, 3.05) is 26.7 Å². The molecule has 1 N–H and O–H groups in total. The highest BCUT2D eigenvalue weighted by Crippen LogP contribution is 2.29. The molecule has 0 bridgehead atoms. The topological polar surface area (TPSA) is 33.1 Å². The van der Waals surface area contributed by atoms with Gasteiger partial charge in [-0.2, -0.15) is 0 Å². The van der Waals surface area contributed by atoms with E-state index in [4.69, 9.17) is 11.6 Å². The van der Waals surface area contributed by atoms with Gasteiger partial charge in [-0.15, -0.1) is 0 Å². The zero-order valence-electron chi connectivity index (χ0n) is 11.5. The molecule has 0 aromatic carbocycles. The Morgan fingerprint density at radius 1 is 1.33 bits per heavy atom. The minimum absolute atomic E-state index is 0.328. The molecule has 1 aromatic heterocycles. The molecular weight excluding hydrogens is 248 g/mol. The fourth-order valence-corrected chi connectivity index (χ4v) is 3.15. The van der Waals surface area contributed by atoms with Crippen molar-refractivity contribution < 1.29 is 0 Å². The minimum Gasteiger partial charge on any atom is -0.333 e. The second kappa shape index (κ2) is 6.04. The van der Waals surface area contributed by atoms with Crippen LogP contribution < -0.4 is 5.32 Å². The molecule has 1 fully saturated rings. The lowest BCUT2D eigenvalue weighted by Gasteiger charge is -2.34. The monoisotopic (exact) mass is 270 g/mol. The van der Waals surface area contributed by atoms with E-state index in [-0.39, 0.29) is 0 Å². The lowest BCUT2D eigenvalue weighted by Crippen LogP contribution is -2.39. The summed E-state index contributed by atoms with van der Waals surface area (Å²) in [6.45, 7) is 5.24. The molecule has 0 spiro atoms. The molecule has 1 aliphatic heterocycles. The van der Waals surface area contributed by atoms with Crippen LogP contribution in [0.3, 0.4) is 0 Å². The number of nitrogens with zero attached hydrogens (tertiary/aromatic N) is 3. The van der Waals surface area contributed by atoms with E-state index in [1.807, 2.05) is 14.0 Å². The summed E-state index contributed by atoms with van der Waals surface area (Å²) in [7, 11) is 4.05. The van der Waals surface area contributed by atoms with Crippen molar-refractivity contribution in [3.63, 3.8) is 0 Å². The number of piperidine rings is 1. The SMILES string of the molecule is CNCC(c1c(Cl)nc(C)n1C)N1CCCCC1. The summed E-state index contributed by atoms with van der Waals surface area (Å²) >= 11 is 6.31. The zero-order valence-corrected chi connectivity index (χ0v) is 12.3. The van der Waals surface area contributed by atoms with Crippen LogP contribution in [0.2, 0.25) is 5.15 Å². The number of hydrogen-bond donors (Lipinski definition) is 1. The Bertz CT molecular complexity index is 396. The molecule has 102 valence electrons. The van der Waals surface area contributed by atoms with Gasteiger partial charge in [0.15, 0.2) is 5.15 Å². The van der Waals surface area contributed by atoms with Crippen molar-refractivity contribution in [3.05, 3.63) is 16.7 Å². The zero-order chi connectivity index (χ0) is 13.1. The van der Waals surface area contributed by atoms with Gasteiger partial charge in [0, 0.05) is 13.6 Å². The van der Waals surface area contributed by atoms with E-state index in [0.717, 1.165) is 31.2 Å². The Balaban J connectivity index is 2.28. The fraction of sp³-hybridized carbons (Fsp3) is 0.769. The van der Waals surface area contributed by atoms with Crippen LogP contribution in [-0.4, -0.2) is 41.1 Å². The number of hydrogen-bond acceptors (Lipinski definition) is 3. The smallest absolute Gasteiger partial charge is 0.152 e. The molecule has 4 nitrogen and oxygen atoms in total. The third kappa shape index (κ3) is 2.71. The van der Waals surface area contributed by atoms with Crippen LogP contribution in [-0.2, 0) is 7.05 Å². The summed E-state index contributed by atoms with van der Waals surface area (Å²) in [5, 5.41) is 3.94. The first-order chi connectivity index (χ1) is 8.65. The molecule has 1 aromatic rings. The van der Waals surface area contributed by atoms with Gasteiger partial charge in [0.2, 0.25) is 0 Å². The molecule has 1 atom stereocenters. The maximum Gasteiger partial charge on any atom is 0.152 e. The second-order valence-electron chi connectivity index (χ2n) is 5.06. The summed E-state index contributed by atoms with van der Waals surface area (Å²) in [5.74, 6) is 0.980. The number of rotatable bonds is 4. The minimum atomic E-state index is 0.328. The maximum absolute atomic E-state index is 6.31. The number of imidazole rings is 1. The van der Waals surface area contributed by atoms with E-state index in [1.54, 1.807) is 0 Å². The molecule has 1 saturated heterocycles. The van der Waals surface area contributed by atoms with Gasteiger partial charge in [0.05, 0.1) is 11.7 Å².